The number of benzene rings is 1. The zero-order chi connectivity index (χ0) is 19.6. The van der Waals surface area contributed by atoms with E-state index in [1.807, 2.05) is 58.0 Å². The normalized spacial score (nSPS) is 12.3. The second kappa shape index (κ2) is 8.00. The van der Waals surface area contributed by atoms with Crippen LogP contribution in [0.4, 0.5) is 5.69 Å². The molecule has 1 amide bonds. The maximum atomic E-state index is 12.9. The number of hydrogen-bond donors (Lipinski definition) is 2. The molecule has 0 saturated heterocycles. The summed E-state index contributed by atoms with van der Waals surface area (Å²) in [4.78, 5) is 33.0. The average molecular weight is 385 g/mol. The number of amides is 1. The van der Waals surface area contributed by atoms with Gasteiger partial charge in [-0.25, -0.2) is 4.98 Å². The summed E-state index contributed by atoms with van der Waals surface area (Å²) in [6, 6.07) is 9.50. The molecule has 0 radical (unpaired) electrons. The second-order valence-electron chi connectivity index (χ2n) is 6.69. The van der Waals surface area contributed by atoms with E-state index in [0.717, 1.165) is 23.4 Å². The summed E-state index contributed by atoms with van der Waals surface area (Å²) < 4.78 is 1.68. The van der Waals surface area contributed by atoms with E-state index in [0.29, 0.717) is 16.2 Å². The molecule has 3 rings (SSSR count). The van der Waals surface area contributed by atoms with Gasteiger partial charge in [-0.15, -0.1) is 0 Å². The number of carbonyl (C=O) groups is 1. The Balaban J connectivity index is 1.86. The lowest BCUT2D eigenvalue weighted by Crippen LogP contribution is -2.26. The van der Waals surface area contributed by atoms with Crippen molar-refractivity contribution >= 4 is 34.4 Å². The SMILES string of the molecule is CC[C@@H](C)n1c(SCC(=O)Nc2ccccc2C)nc2cc(C)[nH]c2c1=O. The van der Waals surface area contributed by atoms with Gasteiger partial charge in [0.1, 0.15) is 5.52 Å². The minimum absolute atomic E-state index is 0.0000601. The van der Waals surface area contributed by atoms with Crippen molar-refractivity contribution in [2.45, 2.75) is 45.3 Å². The van der Waals surface area contributed by atoms with Crippen LogP contribution >= 0.6 is 11.8 Å². The minimum atomic E-state index is -0.121. The third-order valence-electron chi connectivity index (χ3n) is 4.57. The fourth-order valence-electron chi connectivity index (χ4n) is 2.89. The topological polar surface area (TPSA) is 79.8 Å². The number of thioether (sulfide) groups is 1. The van der Waals surface area contributed by atoms with Gasteiger partial charge in [0.15, 0.2) is 5.16 Å². The van der Waals surface area contributed by atoms with Gasteiger partial charge in [0, 0.05) is 17.4 Å². The lowest BCUT2D eigenvalue weighted by molar-refractivity contribution is -0.113. The molecule has 6 nitrogen and oxygen atoms in total. The van der Waals surface area contributed by atoms with Crippen molar-refractivity contribution in [2.75, 3.05) is 11.1 Å². The van der Waals surface area contributed by atoms with Crippen LogP contribution in [0.3, 0.4) is 0 Å². The number of nitrogens with one attached hydrogen (secondary N) is 2. The zero-order valence-corrected chi connectivity index (χ0v) is 16.8. The first-order valence-electron chi connectivity index (χ1n) is 9.00. The van der Waals surface area contributed by atoms with Crippen molar-refractivity contribution in [3.8, 4) is 0 Å². The largest absolute Gasteiger partial charge is 0.353 e. The highest BCUT2D eigenvalue weighted by atomic mass is 32.2. The van der Waals surface area contributed by atoms with E-state index in [1.54, 1.807) is 4.57 Å². The number of fused-ring (bicyclic) bond motifs is 1. The third-order valence-corrected chi connectivity index (χ3v) is 5.52. The number of aryl methyl sites for hydroxylation is 2. The summed E-state index contributed by atoms with van der Waals surface area (Å²) in [5, 5.41) is 3.49. The third kappa shape index (κ3) is 4.08. The molecule has 0 spiro atoms. The Labute approximate surface area is 162 Å². The second-order valence-corrected chi connectivity index (χ2v) is 7.63. The van der Waals surface area contributed by atoms with Crippen LogP contribution < -0.4 is 10.9 Å². The van der Waals surface area contributed by atoms with Crippen LogP contribution in [0.15, 0.2) is 40.3 Å². The van der Waals surface area contributed by atoms with Crippen LogP contribution in [0.2, 0.25) is 0 Å². The van der Waals surface area contributed by atoms with Crippen LogP contribution in [0, 0.1) is 13.8 Å². The number of hydrogen-bond acceptors (Lipinski definition) is 4. The van der Waals surface area contributed by atoms with Gasteiger partial charge >= 0.3 is 0 Å². The maximum absolute atomic E-state index is 12.9. The van der Waals surface area contributed by atoms with Crippen LogP contribution in [-0.4, -0.2) is 26.2 Å². The van der Waals surface area contributed by atoms with E-state index in [-0.39, 0.29) is 23.3 Å². The number of rotatable bonds is 6. The fourth-order valence-corrected chi connectivity index (χ4v) is 3.79. The van der Waals surface area contributed by atoms with Crippen LogP contribution in [0.1, 0.15) is 37.6 Å². The standard InChI is InChI=1S/C20H24N4O2S/c1-5-14(4)24-19(26)18-16(10-13(3)21-18)23-20(24)27-11-17(25)22-15-9-7-6-8-12(15)2/h6-10,14,21H,5,11H2,1-4H3,(H,22,25)/t14-/m1/s1. The smallest absolute Gasteiger partial charge is 0.278 e. The Morgan fingerprint density at radius 1 is 1.33 bits per heavy atom. The highest BCUT2D eigenvalue weighted by molar-refractivity contribution is 7.99. The molecule has 2 heterocycles. The first-order chi connectivity index (χ1) is 12.9. The van der Waals surface area contributed by atoms with Gasteiger partial charge in [-0.2, -0.15) is 0 Å². The molecular weight excluding hydrogens is 360 g/mol. The molecule has 0 saturated carbocycles. The first-order valence-corrected chi connectivity index (χ1v) is 9.99. The van der Waals surface area contributed by atoms with E-state index >= 15 is 0 Å². The number of nitrogens with zero attached hydrogens (tertiary/aromatic N) is 2. The number of carbonyl (C=O) groups excluding carboxylic acids is 1. The Bertz CT molecular complexity index is 1040. The summed E-state index contributed by atoms with van der Waals surface area (Å²) in [6.07, 6.45) is 0.801. The molecule has 142 valence electrons. The number of anilines is 1. The summed E-state index contributed by atoms with van der Waals surface area (Å²) in [7, 11) is 0. The maximum Gasteiger partial charge on any atom is 0.278 e. The summed E-state index contributed by atoms with van der Waals surface area (Å²) in [6.45, 7) is 7.87. The molecule has 0 unspecified atom stereocenters. The van der Waals surface area contributed by atoms with Crippen LogP contribution in [0.5, 0.6) is 0 Å². The van der Waals surface area contributed by atoms with Gasteiger partial charge in [-0.05, 0) is 44.9 Å². The number of H-pyrrole nitrogens is 1. The van der Waals surface area contributed by atoms with Crippen molar-refractivity contribution in [3.05, 3.63) is 51.9 Å². The van der Waals surface area contributed by atoms with Crippen LogP contribution in [0.25, 0.3) is 11.0 Å². The van der Waals surface area contributed by atoms with Crippen molar-refractivity contribution in [3.63, 3.8) is 0 Å². The Morgan fingerprint density at radius 2 is 2.07 bits per heavy atom. The van der Waals surface area contributed by atoms with Crippen molar-refractivity contribution < 1.29 is 4.79 Å². The highest BCUT2D eigenvalue weighted by Crippen LogP contribution is 2.23. The molecule has 0 aliphatic carbocycles. The molecule has 2 aromatic heterocycles. The molecule has 1 aromatic carbocycles. The van der Waals surface area contributed by atoms with Gasteiger partial charge in [0.2, 0.25) is 5.91 Å². The van der Waals surface area contributed by atoms with Crippen molar-refractivity contribution in [1.29, 1.82) is 0 Å². The van der Waals surface area contributed by atoms with Gasteiger partial charge in [0.05, 0.1) is 11.3 Å². The number of para-hydroxylation sites is 1. The van der Waals surface area contributed by atoms with E-state index in [2.05, 4.69) is 15.3 Å². The predicted octanol–water partition coefficient (Wildman–Crippen LogP) is 4.04. The summed E-state index contributed by atoms with van der Waals surface area (Å²) >= 11 is 1.29. The first kappa shape index (κ1) is 19.2. The van der Waals surface area contributed by atoms with E-state index in [9.17, 15) is 9.59 Å². The van der Waals surface area contributed by atoms with Gasteiger partial charge in [0.25, 0.3) is 5.56 Å². The predicted molar refractivity (Wildman–Crippen MR) is 111 cm³/mol. The van der Waals surface area contributed by atoms with Gasteiger partial charge in [-0.1, -0.05) is 36.9 Å². The van der Waals surface area contributed by atoms with E-state index in [1.165, 1.54) is 11.8 Å². The zero-order valence-electron chi connectivity index (χ0n) is 16.0. The molecule has 0 aliphatic rings. The molecule has 2 N–H and O–H groups in total. The molecular formula is C20H24N4O2S. The fraction of sp³-hybridized carbons (Fsp3) is 0.350. The lowest BCUT2D eigenvalue weighted by Gasteiger charge is -2.17. The van der Waals surface area contributed by atoms with Gasteiger partial charge in [-0.3, -0.25) is 14.2 Å². The van der Waals surface area contributed by atoms with E-state index < -0.39 is 0 Å². The van der Waals surface area contributed by atoms with E-state index in [4.69, 9.17) is 0 Å². The quantitative estimate of drug-likeness (QED) is 0.496. The summed E-state index contributed by atoms with van der Waals surface area (Å²) in [5.74, 6) is 0.0659. The highest BCUT2D eigenvalue weighted by Gasteiger charge is 2.18. The molecule has 27 heavy (non-hydrogen) atoms. The monoisotopic (exact) mass is 384 g/mol. The minimum Gasteiger partial charge on any atom is -0.353 e. The molecule has 0 fully saturated rings. The number of aromatic amines is 1. The molecule has 7 heteroatoms. The molecule has 1 atom stereocenters. The lowest BCUT2D eigenvalue weighted by atomic mass is 10.2. The van der Waals surface area contributed by atoms with Gasteiger partial charge < -0.3 is 10.3 Å². The van der Waals surface area contributed by atoms with Crippen LogP contribution in [-0.2, 0) is 4.79 Å². The number of aromatic nitrogens is 3. The molecule has 0 aliphatic heterocycles. The average Bonchev–Trinajstić information content (AvgIpc) is 3.02. The Kier molecular flexibility index (Phi) is 5.70. The Hall–Kier alpha value is -2.54. The van der Waals surface area contributed by atoms with Crippen molar-refractivity contribution in [1.82, 2.24) is 14.5 Å². The Morgan fingerprint density at radius 3 is 2.78 bits per heavy atom. The molecule has 0 bridgehead atoms. The molecule has 3 aromatic rings. The van der Waals surface area contributed by atoms with Crippen molar-refractivity contribution in [2.24, 2.45) is 0 Å². The summed E-state index contributed by atoms with van der Waals surface area (Å²) in [5.41, 5.74) is 3.76.